The van der Waals surface area contributed by atoms with Crippen molar-refractivity contribution in [3.05, 3.63) is 11.6 Å². The lowest BCUT2D eigenvalue weighted by Crippen LogP contribution is -2.36. The third-order valence-corrected chi connectivity index (χ3v) is 3.67. The van der Waals surface area contributed by atoms with Crippen molar-refractivity contribution in [2.45, 2.75) is 46.1 Å². The Bertz CT molecular complexity index is 656. The second-order valence-electron chi connectivity index (χ2n) is 6.09. The zero-order valence-corrected chi connectivity index (χ0v) is 14.4. The number of nitrogens with one attached hydrogen (secondary N) is 3. The summed E-state index contributed by atoms with van der Waals surface area (Å²) in [5, 5.41) is 6.04. The number of rotatable bonds is 8. The van der Waals surface area contributed by atoms with Crippen molar-refractivity contribution in [1.29, 1.82) is 0 Å². The van der Waals surface area contributed by atoms with Crippen LogP contribution >= 0.6 is 11.6 Å². The fourth-order valence-electron chi connectivity index (χ4n) is 2.33. The third kappa shape index (κ3) is 5.35. The lowest BCUT2D eigenvalue weighted by molar-refractivity contribution is -0.120. The molecule has 0 radical (unpaired) electrons. The zero-order chi connectivity index (χ0) is 16.8. The van der Waals surface area contributed by atoms with Crippen molar-refractivity contribution in [3.8, 4) is 0 Å². The number of H-pyrrole nitrogens is 1. The summed E-state index contributed by atoms with van der Waals surface area (Å²) in [6, 6.07) is 0.157. The highest BCUT2D eigenvalue weighted by molar-refractivity contribution is 6.28. The number of imidazole rings is 1. The van der Waals surface area contributed by atoms with Crippen LogP contribution in [0.2, 0.25) is 5.28 Å². The molecule has 0 aliphatic heterocycles. The average molecular weight is 339 g/mol. The Hall–Kier alpha value is -1.89. The van der Waals surface area contributed by atoms with Crippen molar-refractivity contribution in [3.63, 3.8) is 0 Å². The minimum absolute atomic E-state index is 0.0792. The molecule has 2 heterocycles. The Morgan fingerprint density at radius 1 is 1.30 bits per heavy atom. The molecule has 2 aromatic heterocycles. The van der Waals surface area contributed by atoms with Gasteiger partial charge in [-0.15, -0.1) is 0 Å². The highest BCUT2D eigenvalue weighted by atomic mass is 35.5. The van der Waals surface area contributed by atoms with Crippen molar-refractivity contribution in [2.24, 2.45) is 5.92 Å². The van der Waals surface area contributed by atoms with Crippen LogP contribution in [-0.2, 0) is 4.79 Å². The molecule has 0 aliphatic carbocycles. The fourth-order valence-corrected chi connectivity index (χ4v) is 2.49. The molecule has 8 heteroatoms. The van der Waals surface area contributed by atoms with Gasteiger partial charge in [-0.1, -0.05) is 26.7 Å². The largest absolute Gasteiger partial charge is 0.359 e. The standard InChI is InChI=1S/C15H23ClN6O/c1-9(2)5-4-6-10(3)20-11(23)7-17-13-12-14(19-8-18-12)22-15(16)21-13/h8-10H,4-7H2,1-3H3,(H,20,23)(H2,17,18,19,21,22)/t10-/m1/s1. The predicted molar refractivity (Wildman–Crippen MR) is 91.5 cm³/mol. The second-order valence-corrected chi connectivity index (χ2v) is 6.43. The monoisotopic (exact) mass is 338 g/mol. The number of aromatic amines is 1. The van der Waals surface area contributed by atoms with E-state index < -0.39 is 0 Å². The highest BCUT2D eigenvalue weighted by Crippen LogP contribution is 2.18. The van der Waals surface area contributed by atoms with Gasteiger partial charge in [-0.25, -0.2) is 4.98 Å². The summed E-state index contributed by atoms with van der Waals surface area (Å²) in [5.74, 6) is 1.09. The summed E-state index contributed by atoms with van der Waals surface area (Å²) in [6.45, 7) is 6.55. The smallest absolute Gasteiger partial charge is 0.239 e. The van der Waals surface area contributed by atoms with Gasteiger partial charge in [0.15, 0.2) is 11.5 Å². The molecular formula is C15H23ClN6O. The number of nitrogens with zero attached hydrogens (tertiary/aromatic N) is 3. The van der Waals surface area contributed by atoms with Crippen LogP contribution in [0.1, 0.15) is 40.0 Å². The molecule has 0 bridgehead atoms. The van der Waals surface area contributed by atoms with Crippen LogP contribution in [0.15, 0.2) is 6.33 Å². The Kier molecular flexibility index (Phi) is 6.15. The van der Waals surface area contributed by atoms with E-state index in [1.54, 1.807) is 0 Å². The van der Waals surface area contributed by atoms with E-state index in [1.165, 1.54) is 12.7 Å². The summed E-state index contributed by atoms with van der Waals surface area (Å²) in [5.41, 5.74) is 1.10. The van der Waals surface area contributed by atoms with Gasteiger partial charge >= 0.3 is 0 Å². The van der Waals surface area contributed by atoms with Gasteiger partial charge in [0, 0.05) is 6.04 Å². The van der Waals surface area contributed by atoms with E-state index in [0.717, 1.165) is 12.8 Å². The maximum Gasteiger partial charge on any atom is 0.239 e. The topological polar surface area (TPSA) is 95.6 Å². The Balaban J connectivity index is 1.82. The zero-order valence-electron chi connectivity index (χ0n) is 13.7. The van der Waals surface area contributed by atoms with Crippen LogP contribution in [0.3, 0.4) is 0 Å². The number of hydrogen-bond donors (Lipinski definition) is 3. The molecule has 1 amide bonds. The van der Waals surface area contributed by atoms with Crippen molar-refractivity contribution in [2.75, 3.05) is 11.9 Å². The minimum Gasteiger partial charge on any atom is -0.359 e. The highest BCUT2D eigenvalue weighted by Gasteiger charge is 2.11. The molecular weight excluding hydrogens is 316 g/mol. The number of amides is 1. The van der Waals surface area contributed by atoms with Gasteiger partial charge in [-0.2, -0.15) is 9.97 Å². The first-order chi connectivity index (χ1) is 11.0. The number of fused-ring (bicyclic) bond motifs is 1. The summed E-state index contributed by atoms with van der Waals surface area (Å²) in [6.07, 6.45) is 4.78. The fraction of sp³-hybridized carbons (Fsp3) is 0.600. The first-order valence-corrected chi connectivity index (χ1v) is 8.23. The number of aromatic nitrogens is 4. The molecule has 0 fully saturated rings. The first-order valence-electron chi connectivity index (χ1n) is 7.85. The molecule has 23 heavy (non-hydrogen) atoms. The molecule has 0 aromatic carbocycles. The SMILES string of the molecule is CC(C)CCC[C@@H](C)NC(=O)CNc1nc(Cl)nc2nc[nH]c12. The van der Waals surface area contributed by atoms with Crippen molar-refractivity contribution < 1.29 is 4.79 Å². The van der Waals surface area contributed by atoms with Crippen molar-refractivity contribution in [1.82, 2.24) is 25.3 Å². The van der Waals surface area contributed by atoms with Crippen LogP contribution in [0, 0.1) is 5.92 Å². The van der Waals surface area contributed by atoms with E-state index in [0.29, 0.717) is 22.9 Å². The first kappa shape index (κ1) is 17.5. The predicted octanol–water partition coefficient (Wildman–Crippen LogP) is 2.75. The summed E-state index contributed by atoms with van der Waals surface area (Å²) in [4.78, 5) is 27.0. The number of carbonyl (C=O) groups is 1. The number of carbonyl (C=O) groups excluding carboxylic acids is 1. The third-order valence-electron chi connectivity index (χ3n) is 3.50. The van der Waals surface area contributed by atoms with Crippen LogP contribution < -0.4 is 10.6 Å². The lowest BCUT2D eigenvalue weighted by Gasteiger charge is -2.15. The molecule has 0 unspecified atom stereocenters. The van der Waals surface area contributed by atoms with E-state index in [9.17, 15) is 4.79 Å². The van der Waals surface area contributed by atoms with E-state index in [1.807, 2.05) is 6.92 Å². The van der Waals surface area contributed by atoms with Gasteiger partial charge in [0.2, 0.25) is 11.2 Å². The number of anilines is 1. The summed E-state index contributed by atoms with van der Waals surface area (Å²) >= 11 is 5.85. The van der Waals surface area contributed by atoms with Gasteiger partial charge in [0.25, 0.3) is 0 Å². The van der Waals surface area contributed by atoms with E-state index >= 15 is 0 Å². The van der Waals surface area contributed by atoms with E-state index in [4.69, 9.17) is 11.6 Å². The van der Waals surface area contributed by atoms with E-state index in [2.05, 4.69) is 44.4 Å². The molecule has 126 valence electrons. The Morgan fingerprint density at radius 2 is 2.09 bits per heavy atom. The van der Waals surface area contributed by atoms with Gasteiger partial charge < -0.3 is 15.6 Å². The Morgan fingerprint density at radius 3 is 2.83 bits per heavy atom. The van der Waals surface area contributed by atoms with E-state index in [-0.39, 0.29) is 23.8 Å². The van der Waals surface area contributed by atoms with Gasteiger partial charge in [-0.3, -0.25) is 4.79 Å². The maximum absolute atomic E-state index is 12.0. The number of halogens is 1. The maximum atomic E-state index is 12.0. The minimum atomic E-state index is -0.0792. The van der Waals surface area contributed by atoms with Crippen LogP contribution in [0.25, 0.3) is 11.2 Å². The van der Waals surface area contributed by atoms with Gasteiger partial charge in [-0.05, 0) is 30.9 Å². The molecule has 1 atom stereocenters. The Labute approximate surface area is 140 Å². The van der Waals surface area contributed by atoms with Gasteiger partial charge in [0.05, 0.1) is 12.9 Å². The molecule has 2 aromatic rings. The van der Waals surface area contributed by atoms with Crippen LogP contribution in [-0.4, -0.2) is 38.4 Å². The molecule has 0 saturated heterocycles. The molecule has 0 saturated carbocycles. The number of hydrogen-bond acceptors (Lipinski definition) is 5. The summed E-state index contributed by atoms with van der Waals surface area (Å²) in [7, 11) is 0. The molecule has 7 nitrogen and oxygen atoms in total. The van der Waals surface area contributed by atoms with Crippen molar-refractivity contribution >= 4 is 34.5 Å². The van der Waals surface area contributed by atoms with Crippen LogP contribution in [0.4, 0.5) is 5.82 Å². The van der Waals surface area contributed by atoms with Crippen LogP contribution in [0.5, 0.6) is 0 Å². The normalized spacial score (nSPS) is 12.6. The molecule has 0 spiro atoms. The summed E-state index contributed by atoms with van der Waals surface area (Å²) < 4.78 is 0. The molecule has 3 N–H and O–H groups in total. The quantitative estimate of drug-likeness (QED) is 0.643. The molecule has 2 rings (SSSR count). The molecule has 0 aliphatic rings. The lowest BCUT2D eigenvalue weighted by atomic mass is 10.0. The van der Waals surface area contributed by atoms with Gasteiger partial charge in [0.1, 0.15) is 5.52 Å². The second kappa shape index (κ2) is 8.10. The average Bonchev–Trinajstić information content (AvgIpc) is 2.92.